The van der Waals surface area contributed by atoms with Crippen LogP contribution in [0.15, 0.2) is 70.7 Å². The highest BCUT2D eigenvalue weighted by atomic mass is 32.2. The number of aromatic nitrogens is 3. The molecule has 0 spiro atoms. The first-order valence-corrected chi connectivity index (χ1v) is 10.3. The summed E-state index contributed by atoms with van der Waals surface area (Å²) >= 11 is 1.63. The summed E-state index contributed by atoms with van der Waals surface area (Å²) in [5.41, 5.74) is 1.86. The first-order chi connectivity index (χ1) is 14.2. The third kappa shape index (κ3) is 3.16. The fraction of sp³-hybridized carbons (Fsp3) is 0.227. The van der Waals surface area contributed by atoms with Gasteiger partial charge in [0, 0.05) is 23.0 Å². The van der Waals surface area contributed by atoms with Crippen molar-refractivity contribution in [1.29, 1.82) is 0 Å². The summed E-state index contributed by atoms with van der Waals surface area (Å²) < 4.78 is 7.37. The van der Waals surface area contributed by atoms with Crippen molar-refractivity contribution in [3.05, 3.63) is 66.5 Å². The Morgan fingerprint density at radius 1 is 1.07 bits per heavy atom. The number of carboxylic acid groups (broad SMARTS) is 1. The smallest absolute Gasteiger partial charge is 0.314 e. The second-order valence-corrected chi connectivity index (χ2v) is 8.39. The molecule has 0 unspecified atom stereocenters. The van der Waals surface area contributed by atoms with Gasteiger partial charge in [0.25, 0.3) is 0 Å². The molecule has 1 aliphatic rings. The number of pyridine rings is 1. The lowest BCUT2D eigenvalue weighted by atomic mass is 9.74. The summed E-state index contributed by atoms with van der Waals surface area (Å²) in [6, 6.07) is 18.2. The Morgan fingerprint density at radius 3 is 2.72 bits per heavy atom. The zero-order chi connectivity index (χ0) is 19.8. The van der Waals surface area contributed by atoms with Crippen molar-refractivity contribution >= 4 is 34.3 Å². The predicted octanol–water partition coefficient (Wildman–Crippen LogP) is 4.17. The highest BCUT2D eigenvalue weighted by molar-refractivity contribution is 7.99. The molecule has 3 heterocycles. The molecule has 0 saturated carbocycles. The molecule has 0 radical (unpaired) electrons. The van der Waals surface area contributed by atoms with Crippen LogP contribution in [0.3, 0.4) is 0 Å². The van der Waals surface area contributed by atoms with Crippen LogP contribution in [-0.4, -0.2) is 38.9 Å². The van der Waals surface area contributed by atoms with Crippen LogP contribution in [-0.2, 0) is 14.9 Å². The van der Waals surface area contributed by atoms with E-state index in [-0.39, 0.29) is 0 Å². The molecular weight excluding hydrogens is 386 g/mol. The first-order valence-electron chi connectivity index (χ1n) is 9.48. The van der Waals surface area contributed by atoms with E-state index >= 15 is 0 Å². The molecular formula is C22H19N3O3S. The van der Waals surface area contributed by atoms with E-state index in [1.54, 1.807) is 18.1 Å². The van der Waals surface area contributed by atoms with E-state index in [0.717, 1.165) is 31.9 Å². The van der Waals surface area contributed by atoms with Crippen LogP contribution >= 0.6 is 11.8 Å². The summed E-state index contributed by atoms with van der Waals surface area (Å²) in [6.45, 7) is 0.956. The van der Waals surface area contributed by atoms with Crippen LogP contribution in [0.5, 0.6) is 0 Å². The number of carbonyl (C=O) groups is 1. The molecule has 29 heavy (non-hydrogen) atoms. The maximum Gasteiger partial charge on any atom is 0.314 e. The number of rotatable bonds is 4. The van der Waals surface area contributed by atoms with Gasteiger partial charge in [-0.1, -0.05) is 23.9 Å². The van der Waals surface area contributed by atoms with E-state index in [0.29, 0.717) is 26.1 Å². The van der Waals surface area contributed by atoms with E-state index in [1.165, 1.54) is 0 Å². The molecule has 0 aliphatic carbocycles. The summed E-state index contributed by atoms with van der Waals surface area (Å²) in [5.74, 6) is -0.772. The van der Waals surface area contributed by atoms with Gasteiger partial charge >= 0.3 is 5.97 Å². The normalized spacial score (nSPS) is 16.3. The third-order valence-corrected chi connectivity index (χ3v) is 6.60. The van der Waals surface area contributed by atoms with Gasteiger partial charge in [0.15, 0.2) is 5.65 Å². The van der Waals surface area contributed by atoms with E-state index in [4.69, 9.17) is 4.74 Å². The maximum absolute atomic E-state index is 12.1. The van der Waals surface area contributed by atoms with Gasteiger partial charge in [-0.3, -0.25) is 9.20 Å². The number of fused-ring (bicyclic) bond motifs is 3. The van der Waals surface area contributed by atoms with Gasteiger partial charge in [-0.15, -0.1) is 10.2 Å². The lowest BCUT2D eigenvalue weighted by Crippen LogP contribution is -2.41. The summed E-state index contributed by atoms with van der Waals surface area (Å²) in [7, 11) is 0. The number of hydrogen-bond acceptors (Lipinski definition) is 5. The Labute approximate surface area is 171 Å². The lowest BCUT2D eigenvalue weighted by molar-refractivity contribution is -0.147. The van der Waals surface area contributed by atoms with E-state index in [1.807, 2.05) is 40.8 Å². The van der Waals surface area contributed by atoms with Crippen molar-refractivity contribution in [3.63, 3.8) is 0 Å². The Hall–Kier alpha value is -2.90. The van der Waals surface area contributed by atoms with E-state index in [2.05, 4.69) is 28.4 Å². The predicted molar refractivity (Wildman–Crippen MR) is 110 cm³/mol. The molecule has 1 fully saturated rings. The Kier molecular flexibility index (Phi) is 4.49. The van der Waals surface area contributed by atoms with Crippen LogP contribution < -0.4 is 0 Å². The average Bonchev–Trinajstić information content (AvgIpc) is 3.23. The van der Waals surface area contributed by atoms with Gasteiger partial charge in [0.05, 0.1) is 10.9 Å². The van der Waals surface area contributed by atoms with E-state index < -0.39 is 11.4 Å². The van der Waals surface area contributed by atoms with Crippen LogP contribution in [0.4, 0.5) is 0 Å². The number of aliphatic carboxylic acids is 1. The van der Waals surface area contributed by atoms with Crippen molar-refractivity contribution in [1.82, 2.24) is 14.6 Å². The maximum atomic E-state index is 12.1. The largest absolute Gasteiger partial charge is 0.481 e. The third-order valence-electron chi connectivity index (χ3n) is 5.62. The lowest BCUT2D eigenvalue weighted by Gasteiger charge is -2.33. The fourth-order valence-electron chi connectivity index (χ4n) is 4.00. The molecule has 7 heteroatoms. The van der Waals surface area contributed by atoms with Crippen molar-refractivity contribution in [2.24, 2.45) is 0 Å². The zero-order valence-electron chi connectivity index (χ0n) is 15.6. The number of ether oxygens (including phenoxy) is 1. The second kappa shape index (κ2) is 7.17. The van der Waals surface area contributed by atoms with Gasteiger partial charge in [0.2, 0.25) is 0 Å². The average molecular weight is 405 g/mol. The van der Waals surface area contributed by atoms with Crippen LogP contribution in [0.2, 0.25) is 0 Å². The highest BCUT2D eigenvalue weighted by Crippen LogP contribution is 2.38. The van der Waals surface area contributed by atoms with Gasteiger partial charge in [0.1, 0.15) is 6.33 Å². The Balaban J connectivity index is 1.48. The fourth-order valence-corrected chi connectivity index (χ4v) is 4.92. The zero-order valence-corrected chi connectivity index (χ0v) is 16.4. The van der Waals surface area contributed by atoms with Gasteiger partial charge in [-0.05, 0) is 66.3 Å². The quantitative estimate of drug-likeness (QED) is 0.549. The molecule has 2 aromatic heterocycles. The first kappa shape index (κ1) is 18.1. The number of benzene rings is 2. The molecule has 4 aromatic rings. The van der Waals surface area contributed by atoms with Crippen LogP contribution in [0, 0.1) is 0 Å². The standard InChI is InChI=1S/C22H19N3O3S/c26-21(27)22(8-10-28-11-9-22)16-2-1-3-17(13-16)29-18-5-6-19-15(12-18)4-7-20-24-23-14-25(19)20/h1-7,12-14H,8-11H2,(H,26,27). The molecule has 1 saturated heterocycles. The Morgan fingerprint density at radius 2 is 1.90 bits per heavy atom. The summed E-state index contributed by atoms with van der Waals surface area (Å²) in [5, 5.41) is 19.1. The van der Waals surface area contributed by atoms with Crippen molar-refractivity contribution in [3.8, 4) is 0 Å². The van der Waals surface area contributed by atoms with Gasteiger partial charge < -0.3 is 9.84 Å². The number of carboxylic acids is 1. The highest BCUT2D eigenvalue weighted by Gasteiger charge is 2.41. The molecule has 2 aromatic carbocycles. The van der Waals surface area contributed by atoms with E-state index in [9.17, 15) is 9.90 Å². The second-order valence-electron chi connectivity index (χ2n) is 7.24. The van der Waals surface area contributed by atoms with Crippen LogP contribution in [0.25, 0.3) is 16.6 Å². The monoisotopic (exact) mass is 405 g/mol. The SMILES string of the molecule is O=C(O)C1(c2cccc(Sc3ccc4c(ccc5nncn54)c3)c2)CCOCC1. The number of hydrogen-bond donors (Lipinski definition) is 1. The summed E-state index contributed by atoms with van der Waals surface area (Å²) in [6.07, 6.45) is 2.72. The minimum atomic E-state index is -0.863. The minimum Gasteiger partial charge on any atom is -0.481 e. The molecule has 1 N–H and O–H groups in total. The van der Waals surface area contributed by atoms with Crippen molar-refractivity contribution < 1.29 is 14.6 Å². The van der Waals surface area contributed by atoms with Gasteiger partial charge in [-0.25, -0.2) is 0 Å². The topological polar surface area (TPSA) is 76.7 Å². The van der Waals surface area contributed by atoms with Gasteiger partial charge in [-0.2, -0.15) is 0 Å². The number of nitrogens with zero attached hydrogens (tertiary/aromatic N) is 3. The van der Waals surface area contributed by atoms with Crippen molar-refractivity contribution in [2.45, 2.75) is 28.0 Å². The molecule has 0 atom stereocenters. The Bertz CT molecular complexity index is 1210. The van der Waals surface area contributed by atoms with Crippen molar-refractivity contribution in [2.75, 3.05) is 13.2 Å². The molecule has 1 aliphatic heterocycles. The molecule has 146 valence electrons. The molecule has 0 amide bonds. The summed E-state index contributed by atoms with van der Waals surface area (Å²) in [4.78, 5) is 14.2. The molecule has 0 bridgehead atoms. The van der Waals surface area contributed by atoms with Crippen LogP contribution in [0.1, 0.15) is 18.4 Å². The molecule has 6 nitrogen and oxygen atoms in total. The molecule has 5 rings (SSSR count). The minimum absolute atomic E-state index is 0.478.